The summed E-state index contributed by atoms with van der Waals surface area (Å²) in [5.74, 6) is 1.40. The number of nitrogens with zero attached hydrogens (tertiary/aromatic N) is 4. The molecule has 1 aromatic heterocycles. The van der Waals surface area contributed by atoms with E-state index in [0.717, 1.165) is 24.4 Å². The van der Waals surface area contributed by atoms with Crippen LogP contribution in [-0.4, -0.2) is 23.6 Å². The van der Waals surface area contributed by atoms with E-state index in [2.05, 4.69) is 28.2 Å². The van der Waals surface area contributed by atoms with Crippen LogP contribution < -0.4 is 4.90 Å². The Morgan fingerprint density at radius 3 is 2.88 bits per heavy atom. The van der Waals surface area contributed by atoms with Crippen LogP contribution in [0.5, 0.6) is 0 Å². The van der Waals surface area contributed by atoms with Crippen LogP contribution in [0.4, 0.5) is 5.82 Å². The maximum absolute atomic E-state index is 8.57. The molecule has 4 nitrogen and oxygen atoms in total. The maximum Gasteiger partial charge on any atom is 0.131 e. The van der Waals surface area contributed by atoms with Crippen LogP contribution in [0.15, 0.2) is 24.5 Å². The molecule has 17 heavy (non-hydrogen) atoms. The van der Waals surface area contributed by atoms with Crippen LogP contribution in [0.1, 0.15) is 30.9 Å². The molecule has 4 heteroatoms. The largest absolute Gasteiger partial charge is 0.359 e. The molecule has 0 radical (unpaired) electrons. The van der Waals surface area contributed by atoms with E-state index in [9.17, 15) is 0 Å². The Hall–Kier alpha value is -1.89. The Kier molecular flexibility index (Phi) is 3.71. The molecule has 0 spiro atoms. The van der Waals surface area contributed by atoms with Crippen LogP contribution >= 0.6 is 0 Å². The lowest BCUT2D eigenvalue weighted by molar-refractivity contribution is 0.718. The van der Waals surface area contributed by atoms with Crippen molar-refractivity contribution < 1.29 is 0 Å². The van der Waals surface area contributed by atoms with Crippen molar-refractivity contribution >= 4 is 5.82 Å². The summed E-state index contributed by atoms with van der Waals surface area (Å²) in [6.45, 7) is 0.704. The fourth-order valence-electron chi connectivity index (χ4n) is 1.98. The summed E-state index contributed by atoms with van der Waals surface area (Å²) in [5, 5.41) is 8.57. The predicted molar refractivity (Wildman–Crippen MR) is 66.6 cm³/mol. The van der Waals surface area contributed by atoms with Crippen molar-refractivity contribution in [2.75, 3.05) is 18.5 Å². The fourth-order valence-corrected chi connectivity index (χ4v) is 1.98. The quantitative estimate of drug-likeness (QED) is 0.742. The molecule has 0 bridgehead atoms. The molecule has 0 saturated carbocycles. The van der Waals surface area contributed by atoms with E-state index in [4.69, 9.17) is 5.26 Å². The molecule has 88 valence electrons. The van der Waals surface area contributed by atoms with Crippen molar-refractivity contribution in [3.05, 3.63) is 30.2 Å². The van der Waals surface area contributed by atoms with Crippen molar-refractivity contribution in [2.45, 2.75) is 25.2 Å². The van der Waals surface area contributed by atoms with Gasteiger partial charge in [-0.1, -0.05) is 12.2 Å². The van der Waals surface area contributed by atoms with Gasteiger partial charge in [-0.05, 0) is 12.8 Å². The number of aromatic nitrogens is 2. The van der Waals surface area contributed by atoms with Gasteiger partial charge in [0.25, 0.3) is 0 Å². The van der Waals surface area contributed by atoms with Gasteiger partial charge in [0.1, 0.15) is 12.1 Å². The SMILES string of the molecule is CN(CCC#N)c1cc(C2CC=CC2)ncn1. The molecule has 0 amide bonds. The highest BCUT2D eigenvalue weighted by Crippen LogP contribution is 2.28. The second-order valence-corrected chi connectivity index (χ2v) is 4.27. The highest BCUT2D eigenvalue weighted by Gasteiger charge is 2.15. The smallest absolute Gasteiger partial charge is 0.131 e. The van der Waals surface area contributed by atoms with E-state index in [1.807, 2.05) is 18.0 Å². The number of hydrogen-bond acceptors (Lipinski definition) is 4. The van der Waals surface area contributed by atoms with Gasteiger partial charge in [0, 0.05) is 31.3 Å². The van der Waals surface area contributed by atoms with E-state index in [-0.39, 0.29) is 0 Å². The van der Waals surface area contributed by atoms with Crippen molar-refractivity contribution in [3.63, 3.8) is 0 Å². The fraction of sp³-hybridized carbons (Fsp3) is 0.462. The molecule has 0 saturated heterocycles. The zero-order chi connectivity index (χ0) is 12.1. The number of anilines is 1. The highest BCUT2D eigenvalue weighted by atomic mass is 15.2. The highest BCUT2D eigenvalue weighted by molar-refractivity contribution is 5.39. The first-order valence-corrected chi connectivity index (χ1v) is 5.86. The lowest BCUT2D eigenvalue weighted by Crippen LogP contribution is -2.19. The zero-order valence-electron chi connectivity index (χ0n) is 10.0. The standard InChI is InChI=1S/C13H16N4/c1-17(8-4-7-14)13-9-12(15-10-16-13)11-5-2-3-6-11/h2-3,9-11H,4-6,8H2,1H3. The molecule has 0 atom stereocenters. The minimum Gasteiger partial charge on any atom is -0.359 e. The van der Waals surface area contributed by atoms with Crippen LogP contribution in [0.25, 0.3) is 0 Å². The number of rotatable bonds is 4. The van der Waals surface area contributed by atoms with Crippen LogP contribution in [0.3, 0.4) is 0 Å². The average molecular weight is 228 g/mol. The minimum absolute atomic E-state index is 0.501. The van der Waals surface area contributed by atoms with Gasteiger partial charge in [-0.15, -0.1) is 0 Å². The van der Waals surface area contributed by atoms with Gasteiger partial charge in [0.2, 0.25) is 0 Å². The number of hydrogen-bond donors (Lipinski definition) is 0. The Morgan fingerprint density at radius 1 is 1.41 bits per heavy atom. The third kappa shape index (κ3) is 2.82. The van der Waals surface area contributed by atoms with Crippen LogP contribution in [0, 0.1) is 11.3 Å². The predicted octanol–water partition coefficient (Wildman–Crippen LogP) is 2.26. The Labute approximate surface area is 102 Å². The Morgan fingerprint density at radius 2 is 2.18 bits per heavy atom. The summed E-state index contributed by atoms with van der Waals surface area (Å²) in [7, 11) is 1.95. The normalized spacial score (nSPS) is 14.8. The molecular formula is C13H16N4. The molecule has 0 unspecified atom stereocenters. The molecule has 1 aliphatic carbocycles. The molecule has 0 aliphatic heterocycles. The average Bonchev–Trinajstić information content (AvgIpc) is 2.90. The summed E-state index contributed by atoms with van der Waals surface area (Å²) in [6.07, 6.45) is 8.67. The van der Waals surface area contributed by atoms with Crippen LogP contribution in [-0.2, 0) is 0 Å². The summed E-state index contributed by atoms with van der Waals surface area (Å²) in [4.78, 5) is 10.6. The topological polar surface area (TPSA) is 52.8 Å². The first-order valence-electron chi connectivity index (χ1n) is 5.86. The number of allylic oxidation sites excluding steroid dienone is 2. The van der Waals surface area contributed by atoms with Gasteiger partial charge >= 0.3 is 0 Å². The third-order valence-electron chi connectivity index (χ3n) is 3.05. The summed E-state index contributed by atoms with van der Waals surface area (Å²) >= 11 is 0. The van der Waals surface area contributed by atoms with Gasteiger partial charge in [-0.3, -0.25) is 0 Å². The van der Waals surface area contributed by atoms with Gasteiger partial charge in [0.05, 0.1) is 12.5 Å². The molecule has 1 heterocycles. The second kappa shape index (κ2) is 5.44. The first-order chi connectivity index (χ1) is 8.31. The maximum atomic E-state index is 8.57. The van der Waals surface area contributed by atoms with E-state index >= 15 is 0 Å². The van der Waals surface area contributed by atoms with Crippen molar-refractivity contribution in [1.82, 2.24) is 9.97 Å². The van der Waals surface area contributed by atoms with Crippen molar-refractivity contribution in [3.8, 4) is 6.07 Å². The summed E-state index contributed by atoms with van der Waals surface area (Å²) < 4.78 is 0. The summed E-state index contributed by atoms with van der Waals surface area (Å²) in [6, 6.07) is 4.18. The molecular weight excluding hydrogens is 212 g/mol. The van der Waals surface area contributed by atoms with E-state index in [1.165, 1.54) is 0 Å². The van der Waals surface area contributed by atoms with Gasteiger partial charge in [0.15, 0.2) is 0 Å². The lowest BCUT2D eigenvalue weighted by atomic mass is 10.0. The molecule has 0 fully saturated rings. The Bertz CT molecular complexity index is 439. The van der Waals surface area contributed by atoms with E-state index in [1.54, 1.807) is 6.33 Å². The first kappa shape index (κ1) is 11.6. The molecule has 1 aliphatic rings. The molecule has 1 aromatic rings. The number of nitriles is 1. The van der Waals surface area contributed by atoms with Gasteiger partial charge in [-0.2, -0.15) is 5.26 Å². The Balaban J connectivity index is 2.08. The molecule has 2 rings (SSSR count). The van der Waals surface area contributed by atoms with Crippen LogP contribution in [0.2, 0.25) is 0 Å². The van der Waals surface area contributed by atoms with Crippen molar-refractivity contribution in [2.24, 2.45) is 0 Å². The summed E-state index contributed by atoms with van der Waals surface area (Å²) in [5.41, 5.74) is 1.10. The lowest BCUT2D eigenvalue weighted by Gasteiger charge is -2.18. The zero-order valence-corrected chi connectivity index (χ0v) is 10.0. The molecule has 0 aromatic carbocycles. The third-order valence-corrected chi connectivity index (χ3v) is 3.05. The molecule has 0 N–H and O–H groups in total. The van der Waals surface area contributed by atoms with E-state index < -0.39 is 0 Å². The monoisotopic (exact) mass is 228 g/mol. The second-order valence-electron chi connectivity index (χ2n) is 4.27. The van der Waals surface area contributed by atoms with Gasteiger partial charge < -0.3 is 4.90 Å². The van der Waals surface area contributed by atoms with Gasteiger partial charge in [-0.25, -0.2) is 9.97 Å². The van der Waals surface area contributed by atoms with E-state index in [0.29, 0.717) is 18.9 Å². The minimum atomic E-state index is 0.501. The van der Waals surface area contributed by atoms with Crippen molar-refractivity contribution in [1.29, 1.82) is 5.26 Å².